The predicted molar refractivity (Wildman–Crippen MR) is 132 cm³/mol. The molecule has 0 unspecified atom stereocenters. The normalized spacial score (nSPS) is 12.5. The van der Waals surface area contributed by atoms with Gasteiger partial charge >= 0.3 is 0 Å². The summed E-state index contributed by atoms with van der Waals surface area (Å²) in [5.41, 5.74) is 3.25. The molecule has 1 aliphatic rings. The highest BCUT2D eigenvalue weighted by Gasteiger charge is 2.26. The summed E-state index contributed by atoms with van der Waals surface area (Å²) in [6, 6.07) is 16.6. The maximum atomic E-state index is 12.6. The predicted octanol–water partition coefficient (Wildman–Crippen LogP) is 5.48. The molecule has 166 valence electrons. The molecule has 2 aromatic carbocycles. The van der Waals surface area contributed by atoms with Crippen molar-refractivity contribution in [1.82, 2.24) is 20.1 Å². The van der Waals surface area contributed by atoms with Gasteiger partial charge in [-0.15, -0.1) is 21.5 Å². The monoisotopic (exact) mass is 495 g/mol. The Balaban J connectivity index is 1.51. The van der Waals surface area contributed by atoms with Crippen molar-refractivity contribution < 1.29 is 4.79 Å². The van der Waals surface area contributed by atoms with Crippen LogP contribution >= 0.6 is 34.5 Å². The molecule has 0 bridgehead atoms. The summed E-state index contributed by atoms with van der Waals surface area (Å²) in [7, 11) is 0. The zero-order valence-corrected chi connectivity index (χ0v) is 20.0. The van der Waals surface area contributed by atoms with Crippen LogP contribution in [0, 0.1) is 0 Å². The first-order valence-corrected chi connectivity index (χ1v) is 12.0. The molecule has 0 saturated carbocycles. The number of halogens is 2. The number of aryl methyl sites for hydroxylation is 1. The first kappa shape index (κ1) is 21.8. The minimum Gasteiger partial charge on any atom is -0.345 e. The van der Waals surface area contributed by atoms with Gasteiger partial charge in [-0.2, -0.15) is 0 Å². The van der Waals surface area contributed by atoms with Gasteiger partial charge in [0, 0.05) is 31.6 Å². The van der Waals surface area contributed by atoms with Gasteiger partial charge in [-0.3, -0.25) is 14.4 Å². The molecule has 1 N–H and O–H groups in total. The molecule has 0 radical (unpaired) electrons. The summed E-state index contributed by atoms with van der Waals surface area (Å²) in [4.78, 5) is 18.7. The number of carbonyl (C=O) groups is 1. The molecule has 6 nitrogen and oxygen atoms in total. The van der Waals surface area contributed by atoms with Crippen LogP contribution in [-0.2, 0) is 19.5 Å². The average Bonchev–Trinajstić information content (AvgIpc) is 3.39. The van der Waals surface area contributed by atoms with E-state index in [4.69, 9.17) is 28.2 Å². The van der Waals surface area contributed by atoms with Gasteiger partial charge in [0.05, 0.1) is 12.3 Å². The van der Waals surface area contributed by atoms with Crippen LogP contribution in [0.4, 0.5) is 0 Å². The quantitative estimate of drug-likeness (QED) is 0.398. The SMILES string of the molecule is CCc1cc2c(s1)-n1c(nnc1CNC(=O)c1ccc(Cl)cc1)CN=C2c1ccccc1Cl. The minimum absolute atomic E-state index is 0.203. The Kier molecular flexibility index (Phi) is 6.01. The van der Waals surface area contributed by atoms with Crippen molar-refractivity contribution in [2.75, 3.05) is 0 Å². The lowest BCUT2D eigenvalue weighted by Gasteiger charge is -2.10. The number of rotatable bonds is 5. The standard InChI is InChI=1S/C24H19Cl2N5OS/c1-2-16-11-18-22(17-5-3-4-6-19(17)26)27-12-20-29-30-21(31(20)24(18)33-16)13-28-23(32)14-7-9-15(25)10-8-14/h3-11H,2,12-13H2,1H3,(H,28,32). The van der Waals surface area contributed by atoms with Crippen LogP contribution in [0.1, 0.15) is 44.9 Å². The molecule has 0 saturated heterocycles. The number of thiophene rings is 1. The number of fused-ring (bicyclic) bond motifs is 3. The molecule has 4 aromatic rings. The van der Waals surface area contributed by atoms with E-state index in [0.29, 0.717) is 28.0 Å². The molecule has 1 amide bonds. The molecule has 5 rings (SSSR count). The molecule has 2 aromatic heterocycles. The van der Waals surface area contributed by atoms with Crippen LogP contribution < -0.4 is 5.32 Å². The fourth-order valence-electron chi connectivity index (χ4n) is 3.73. The third-order valence-corrected chi connectivity index (χ3v) is 7.23. The number of benzene rings is 2. The highest BCUT2D eigenvalue weighted by atomic mass is 35.5. The van der Waals surface area contributed by atoms with Crippen molar-refractivity contribution in [2.45, 2.75) is 26.4 Å². The summed E-state index contributed by atoms with van der Waals surface area (Å²) in [6.07, 6.45) is 0.896. The van der Waals surface area contributed by atoms with E-state index in [1.165, 1.54) is 4.88 Å². The third kappa shape index (κ3) is 4.19. The molecule has 0 atom stereocenters. The molecule has 0 aliphatic carbocycles. The van der Waals surface area contributed by atoms with Crippen LogP contribution in [0.25, 0.3) is 5.00 Å². The Morgan fingerprint density at radius 1 is 1.09 bits per heavy atom. The second kappa shape index (κ2) is 9.09. The molecular formula is C24H19Cl2N5OS. The van der Waals surface area contributed by atoms with E-state index in [2.05, 4.69) is 28.5 Å². The number of hydrogen-bond donors (Lipinski definition) is 1. The lowest BCUT2D eigenvalue weighted by atomic mass is 10.0. The first-order chi connectivity index (χ1) is 16.0. The third-order valence-electron chi connectivity index (χ3n) is 5.39. The Bertz CT molecular complexity index is 1370. The second-order valence-corrected chi connectivity index (χ2v) is 9.45. The topological polar surface area (TPSA) is 72.2 Å². The lowest BCUT2D eigenvalue weighted by Crippen LogP contribution is -2.24. The van der Waals surface area contributed by atoms with Crippen LogP contribution in [-0.4, -0.2) is 26.4 Å². The van der Waals surface area contributed by atoms with E-state index in [1.54, 1.807) is 35.6 Å². The van der Waals surface area contributed by atoms with Crippen LogP contribution in [0.5, 0.6) is 0 Å². The van der Waals surface area contributed by atoms with Crippen LogP contribution in [0.2, 0.25) is 10.0 Å². The van der Waals surface area contributed by atoms with Crippen molar-refractivity contribution in [3.63, 3.8) is 0 Å². The highest BCUT2D eigenvalue weighted by molar-refractivity contribution is 7.15. The van der Waals surface area contributed by atoms with Gasteiger partial charge in [-0.1, -0.05) is 48.3 Å². The van der Waals surface area contributed by atoms with E-state index < -0.39 is 0 Å². The van der Waals surface area contributed by atoms with Gasteiger partial charge < -0.3 is 5.32 Å². The van der Waals surface area contributed by atoms with Gasteiger partial charge in [0.25, 0.3) is 5.91 Å². The number of aromatic nitrogens is 3. The summed E-state index contributed by atoms with van der Waals surface area (Å²) in [6.45, 7) is 2.72. The molecule has 0 spiro atoms. The van der Waals surface area contributed by atoms with E-state index in [-0.39, 0.29) is 12.5 Å². The van der Waals surface area contributed by atoms with Crippen LogP contribution in [0.3, 0.4) is 0 Å². The lowest BCUT2D eigenvalue weighted by molar-refractivity contribution is 0.0949. The minimum atomic E-state index is -0.203. The van der Waals surface area contributed by atoms with Crippen molar-refractivity contribution in [3.05, 3.63) is 97.9 Å². The van der Waals surface area contributed by atoms with Crippen molar-refractivity contribution in [3.8, 4) is 5.00 Å². The first-order valence-electron chi connectivity index (χ1n) is 10.4. The Morgan fingerprint density at radius 2 is 1.88 bits per heavy atom. The molecule has 3 heterocycles. The van der Waals surface area contributed by atoms with Gasteiger partial charge in [-0.05, 0) is 42.8 Å². The zero-order chi connectivity index (χ0) is 22.9. The average molecular weight is 496 g/mol. The number of nitrogens with zero attached hydrogens (tertiary/aromatic N) is 4. The van der Waals surface area contributed by atoms with Gasteiger partial charge in [-0.25, -0.2) is 0 Å². The van der Waals surface area contributed by atoms with Crippen molar-refractivity contribution >= 4 is 46.2 Å². The van der Waals surface area contributed by atoms with E-state index >= 15 is 0 Å². The summed E-state index contributed by atoms with van der Waals surface area (Å²) in [5, 5.41) is 13.9. The summed E-state index contributed by atoms with van der Waals surface area (Å²) < 4.78 is 2.01. The fourth-order valence-corrected chi connectivity index (χ4v) is 5.22. The van der Waals surface area contributed by atoms with E-state index in [1.807, 2.05) is 28.8 Å². The molecule has 1 aliphatic heterocycles. The Hall–Kier alpha value is -3.00. The highest BCUT2D eigenvalue weighted by Crippen LogP contribution is 2.34. The molecule has 9 heteroatoms. The smallest absolute Gasteiger partial charge is 0.251 e. The maximum absolute atomic E-state index is 12.6. The molecule has 0 fully saturated rings. The summed E-state index contributed by atoms with van der Waals surface area (Å²) >= 11 is 14.1. The number of nitrogens with one attached hydrogen (secondary N) is 1. The largest absolute Gasteiger partial charge is 0.345 e. The van der Waals surface area contributed by atoms with Crippen LogP contribution in [0.15, 0.2) is 59.6 Å². The maximum Gasteiger partial charge on any atom is 0.251 e. The van der Waals surface area contributed by atoms with Crippen molar-refractivity contribution in [2.24, 2.45) is 4.99 Å². The summed E-state index contributed by atoms with van der Waals surface area (Å²) in [5.74, 6) is 1.17. The number of carbonyl (C=O) groups excluding carboxylic acids is 1. The van der Waals surface area contributed by atoms with Crippen molar-refractivity contribution in [1.29, 1.82) is 0 Å². The number of aliphatic imine (C=N–C) groups is 1. The fraction of sp³-hybridized carbons (Fsp3) is 0.167. The number of hydrogen-bond acceptors (Lipinski definition) is 5. The van der Waals surface area contributed by atoms with Gasteiger partial charge in [0.15, 0.2) is 11.6 Å². The van der Waals surface area contributed by atoms with Gasteiger partial charge in [0.2, 0.25) is 0 Å². The van der Waals surface area contributed by atoms with E-state index in [0.717, 1.165) is 34.1 Å². The molecular weight excluding hydrogens is 477 g/mol. The zero-order valence-electron chi connectivity index (χ0n) is 17.7. The second-order valence-electron chi connectivity index (χ2n) is 7.49. The molecule has 33 heavy (non-hydrogen) atoms. The number of amides is 1. The van der Waals surface area contributed by atoms with E-state index in [9.17, 15) is 4.79 Å². The Labute approximate surface area is 204 Å². The van der Waals surface area contributed by atoms with Gasteiger partial charge in [0.1, 0.15) is 11.5 Å². The Morgan fingerprint density at radius 3 is 2.64 bits per heavy atom.